The molecule has 19 heavy (non-hydrogen) atoms. The van der Waals surface area contributed by atoms with E-state index in [1.54, 1.807) is 0 Å². The van der Waals surface area contributed by atoms with Crippen molar-refractivity contribution in [1.82, 2.24) is 9.97 Å². The summed E-state index contributed by atoms with van der Waals surface area (Å²) in [5.74, 6) is 0. The summed E-state index contributed by atoms with van der Waals surface area (Å²) in [5, 5.41) is 0.715. The molecule has 1 unspecified atom stereocenters. The molecule has 0 bridgehead atoms. The van der Waals surface area contributed by atoms with Crippen LogP contribution in [0.4, 0.5) is 0 Å². The van der Waals surface area contributed by atoms with Crippen molar-refractivity contribution in [3.63, 3.8) is 0 Å². The summed E-state index contributed by atoms with van der Waals surface area (Å²) in [5.41, 5.74) is 3.43. The third-order valence-electron chi connectivity index (χ3n) is 3.01. The first kappa shape index (κ1) is 12.5. The van der Waals surface area contributed by atoms with Crippen LogP contribution in [0.2, 0.25) is 5.02 Å². The van der Waals surface area contributed by atoms with Crippen LogP contribution in [0, 0.1) is 0 Å². The smallest absolute Gasteiger partial charge is 0.306 e. The van der Waals surface area contributed by atoms with E-state index in [0.29, 0.717) is 5.02 Å². The molecule has 0 spiro atoms. The number of aromatic nitrogens is 2. The normalized spacial score (nSPS) is 12.7. The van der Waals surface area contributed by atoms with E-state index in [0.717, 1.165) is 22.2 Å². The number of nitrogens with one attached hydrogen (secondary N) is 2. The van der Waals surface area contributed by atoms with Crippen molar-refractivity contribution in [2.24, 2.45) is 0 Å². The number of benzene rings is 2. The molecule has 0 saturated carbocycles. The molecule has 0 aliphatic heterocycles. The number of hydrogen-bond donors (Lipinski definition) is 2. The van der Waals surface area contributed by atoms with Crippen molar-refractivity contribution in [3.8, 4) is 0 Å². The zero-order valence-electron chi connectivity index (χ0n) is 9.78. The minimum absolute atomic E-state index is 0.0102. The Labute approximate surface area is 122 Å². The second kappa shape index (κ2) is 4.87. The molecule has 1 aromatic heterocycles. The number of alkyl halides is 1. The molecule has 0 fully saturated rings. The van der Waals surface area contributed by atoms with Gasteiger partial charge in [-0.2, -0.15) is 0 Å². The van der Waals surface area contributed by atoms with Crippen molar-refractivity contribution >= 4 is 38.6 Å². The van der Waals surface area contributed by atoms with E-state index < -0.39 is 0 Å². The van der Waals surface area contributed by atoms with Crippen molar-refractivity contribution < 1.29 is 0 Å². The van der Waals surface area contributed by atoms with Gasteiger partial charge in [0.25, 0.3) is 0 Å². The third-order valence-corrected chi connectivity index (χ3v) is 4.38. The van der Waals surface area contributed by atoms with E-state index in [4.69, 9.17) is 11.6 Å². The van der Waals surface area contributed by atoms with Gasteiger partial charge < -0.3 is 9.97 Å². The fourth-order valence-electron chi connectivity index (χ4n) is 2.07. The van der Waals surface area contributed by atoms with Crippen molar-refractivity contribution in [2.45, 2.75) is 4.83 Å². The Bertz CT molecular complexity index is 793. The van der Waals surface area contributed by atoms with Crippen LogP contribution in [0.1, 0.15) is 16.0 Å². The van der Waals surface area contributed by atoms with Crippen LogP contribution < -0.4 is 5.69 Å². The summed E-state index contributed by atoms with van der Waals surface area (Å²) < 4.78 is 0. The summed E-state index contributed by atoms with van der Waals surface area (Å²) in [7, 11) is 0. The van der Waals surface area contributed by atoms with Gasteiger partial charge in [-0.25, -0.2) is 4.79 Å². The molecule has 0 amide bonds. The fourth-order valence-corrected chi connectivity index (χ4v) is 3.13. The van der Waals surface area contributed by atoms with Gasteiger partial charge in [-0.1, -0.05) is 51.8 Å². The van der Waals surface area contributed by atoms with Crippen LogP contribution in [0.15, 0.2) is 47.3 Å². The topological polar surface area (TPSA) is 48.6 Å². The van der Waals surface area contributed by atoms with Gasteiger partial charge in [0.1, 0.15) is 0 Å². The van der Waals surface area contributed by atoms with Crippen molar-refractivity contribution in [1.29, 1.82) is 0 Å². The highest BCUT2D eigenvalue weighted by Crippen LogP contribution is 2.35. The summed E-state index contributed by atoms with van der Waals surface area (Å²) in [6, 6.07) is 13.5. The SMILES string of the molecule is O=c1[nH]c2ccc(C(Br)c3ccccc3Cl)cc2[nH]1. The van der Waals surface area contributed by atoms with Crippen LogP contribution in [-0.2, 0) is 0 Å². The standard InChI is InChI=1S/C14H10BrClN2O/c15-13(9-3-1-2-4-10(9)16)8-5-6-11-12(7-8)18-14(19)17-11/h1-7,13H,(H2,17,18,19). The van der Waals surface area contributed by atoms with E-state index in [1.807, 2.05) is 42.5 Å². The lowest BCUT2D eigenvalue weighted by Crippen LogP contribution is -1.99. The van der Waals surface area contributed by atoms with Gasteiger partial charge in [0, 0.05) is 5.02 Å². The van der Waals surface area contributed by atoms with E-state index in [9.17, 15) is 4.79 Å². The quantitative estimate of drug-likeness (QED) is 0.682. The molecule has 3 rings (SSSR count). The minimum atomic E-state index is -0.198. The number of fused-ring (bicyclic) bond motifs is 1. The minimum Gasteiger partial charge on any atom is -0.306 e. The van der Waals surface area contributed by atoms with Crippen LogP contribution in [-0.4, -0.2) is 9.97 Å². The van der Waals surface area contributed by atoms with E-state index >= 15 is 0 Å². The summed E-state index contributed by atoms with van der Waals surface area (Å²) in [6.07, 6.45) is 0. The molecule has 2 N–H and O–H groups in total. The molecule has 3 nitrogen and oxygen atoms in total. The predicted octanol–water partition coefficient (Wildman–Crippen LogP) is 3.99. The number of aromatic amines is 2. The molecule has 0 aliphatic rings. The highest BCUT2D eigenvalue weighted by molar-refractivity contribution is 9.09. The highest BCUT2D eigenvalue weighted by atomic mass is 79.9. The number of hydrogen-bond acceptors (Lipinski definition) is 1. The van der Waals surface area contributed by atoms with Gasteiger partial charge in [-0.15, -0.1) is 0 Å². The van der Waals surface area contributed by atoms with E-state index in [2.05, 4.69) is 25.9 Å². The molecule has 5 heteroatoms. The summed E-state index contributed by atoms with van der Waals surface area (Å²) in [4.78, 5) is 16.7. The Kier molecular flexibility index (Phi) is 3.21. The summed E-state index contributed by atoms with van der Waals surface area (Å²) in [6.45, 7) is 0. The highest BCUT2D eigenvalue weighted by Gasteiger charge is 2.14. The average molecular weight is 338 g/mol. The lowest BCUT2D eigenvalue weighted by atomic mass is 10.0. The molecule has 0 aliphatic carbocycles. The first-order valence-electron chi connectivity index (χ1n) is 5.75. The van der Waals surface area contributed by atoms with E-state index in [1.165, 1.54) is 0 Å². The summed E-state index contributed by atoms with van der Waals surface area (Å²) >= 11 is 9.85. The number of rotatable bonds is 2. The molecule has 96 valence electrons. The van der Waals surface area contributed by atoms with Gasteiger partial charge in [0.15, 0.2) is 0 Å². The maximum absolute atomic E-state index is 11.3. The lowest BCUT2D eigenvalue weighted by Gasteiger charge is -2.12. The monoisotopic (exact) mass is 336 g/mol. The van der Waals surface area contributed by atoms with Crippen LogP contribution >= 0.6 is 27.5 Å². The second-order valence-corrected chi connectivity index (χ2v) is 5.59. The Morgan fingerprint density at radius 3 is 2.58 bits per heavy atom. The van der Waals surface area contributed by atoms with Crippen molar-refractivity contribution in [3.05, 3.63) is 69.1 Å². The molecule has 0 saturated heterocycles. The third kappa shape index (κ3) is 2.33. The predicted molar refractivity (Wildman–Crippen MR) is 81.1 cm³/mol. The number of H-pyrrole nitrogens is 2. The number of halogens is 2. The van der Waals surface area contributed by atoms with Crippen LogP contribution in [0.3, 0.4) is 0 Å². The molecule has 1 heterocycles. The van der Waals surface area contributed by atoms with Gasteiger partial charge >= 0.3 is 5.69 Å². The van der Waals surface area contributed by atoms with Gasteiger partial charge in [0.05, 0.1) is 15.9 Å². The number of imidazole rings is 1. The fraction of sp³-hybridized carbons (Fsp3) is 0.0714. The van der Waals surface area contributed by atoms with Gasteiger partial charge in [-0.3, -0.25) is 0 Å². The molecule has 2 aromatic carbocycles. The molecule has 1 atom stereocenters. The maximum Gasteiger partial charge on any atom is 0.323 e. The zero-order valence-corrected chi connectivity index (χ0v) is 12.1. The second-order valence-electron chi connectivity index (χ2n) is 4.27. The Balaban J connectivity index is 2.08. The Hall–Kier alpha value is -1.52. The first-order chi connectivity index (χ1) is 9.15. The van der Waals surface area contributed by atoms with Crippen molar-refractivity contribution in [2.75, 3.05) is 0 Å². The molecular weight excluding hydrogens is 328 g/mol. The maximum atomic E-state index is 11.3. The van der Waals surface area contributed by atoms with Crippen LogP contribution in [0.5, 0.6) is 0 Å². The Morgan fingerprint density at radius 2 is 1.79 bits per heavy atom. The van der Waals surface area contributed by atoms with Crippen LogP contribution in [0.25, 0.3) is 11.0 Å². The Morgan fingerprint density at radius 1 is 1.05 bits per heavy atom. The molecular formula is C14H10BrClN2O. The molecule has 0 radical (unpaired) electrons. The first-order valence-corrected chi connectivity index (χ1v) is 7.05. The largest absolute Gasteiger partial charge is 0.323 e. The van der Waals surface area contributed by atoms with Gasteiger partial charge in [-0.05, 0) is 29.3 Å². The van der Waals surface area contributed by atoms with Gasteiger partial charge in [0.2, 0.25) is 0 Å². The molecule has 3 aromatic rings. The average Bonchev–Trinajstić information content (AvgIpc) is 2.77. The van der Waals surface area contributed by atoms with E-state index in [-0.39, 0.29) is 10.5 Å². The zero-order chi connectivity index (χ0) is 13.4. The lowest BCUT2D eigenvalue weighted by molar-refractivity contribution is 1.18.